The maximum Gasteiger partial charge on any atom is 0.338 e. The van der Waals surface area contributed by atoms with Crippen molar-refractivity contribution in [3.8, 4) is 0 Å². The average molecular weight is 375 g/mol. The highest BCUT2D eigenvalue weighted by molar-refractivity contribution is 6.04. The number of ether oxygens (including phenoxy) is 1. The van der Waals surface area contributed by atoms with Crippen molar-refractivity contribution in [3.05, 3.63) is 89.7 Å². The molecule has 0 saturated carbocycles. The predicted molar refractivity (Wildman–Crippen MR) is 108 cm³/mol. The molecular formula is C22H21N3O3. The molecule has 28 heavy (non-hydrogen) atoms. The van der Waals surface area contributed by atoms with Gasteiger partial charge in [-0.3, -0.25) is 9.78 Å². The van der Waals surface area contributed by atoms with Gasteiger partial charge >= 0.3 is 5.97 Å². The van der Waals surface area contributed by atoms with Crippen LogP contribution in [-0.2, 0) is 11.3 Å². The number of benzene rings is 2. The monoisotopic (exact) mass is 375 g/mol. The first-order valence-electron chi connectivity index (χ1n) is 8.97. The van der Waals surface area contributed by atoms with E-state index in [9.17, 15) is 9.59 Å². The molecule has 1 heterocycles. The van der Waals surface area contributed by atoms with Gasteiger partial charge in [0.05, 0.1) is 23.4 Å². The summed E-state index contributed by atoms with van der Waals surface area (Å²) in [4.78, 5) is 28.3. The number of rotatable bonds is 7. The first kappa shape index (κ1) is 19.1. The van der Waals surface area contributed by atoms with Gasteiger partial charge in [-0.05, 0) is 42.8 Å². The zero-order chi connectivity index (χ0) is 19.8. The largest absolute Gasteiger partial charge is 0.462 e. The van der Waals surface area contributed by atoms with Crippen molar-refractivity contribution < 1.29 is 14.3 Å². The number of nitrogens with one attached hydrogen (secondary N) is 2. The van der Waals surface area contributed by atoms with Crippen LogP contribution < -0.4 is 10.6 Å². The fourth-order valence-corrected chi connectivity index (χ4v) is 2.57. The summed E-state index contributed by atoms with van der Waals surface area (Å²) in [6.45, 7) is 2.71. The minimum Gasteiger partial charge on any atom is -0.462 e. The molecule has 2 N–H and O–H groups in total. The maximum atomic E-state index is 12.5. The fraction of sp³-hybridized carbons (Fsp3) is 0.136. The first-order valence-corrected chi connectivity index (χ1v) is 8.97. The van der Waals surface area contributed by atoms with Crippen molar-refractivity contribution in [1.82, 2.24) is 4.98 Å². The van der Waals surface area contributed by atoms with E-state index in [0.29, 0.717) is 30.0 Å². The van der Waals surface area contributed by atoms with Gasteiger partial charge in [-0.25, -0.2) is 4.79 Å². The zero-order valence-corrected chi connectivity index (χ0v) is 15.5. The molecule has 0 spiro atoms. The SMILES string of the molecule is CCOC(=O)c1ccc(NC(=O)c2cncc(NCc3ccccc3)c2)cc1. The Morgan fingerprint density at radius 2 is 1.68 bits per heavy atom. The molecule has 3 aromatic rings. The van der Waals surface area contributed by atoms with E-state index in [0.717, 1.165) is 11.3 Å². The molecule has 142 valence electrons. The molecule has 0 fully saturated rings. The second-order valence-corrected chi connectivity index (χ2v) is 6.05. The molecule has 0 aliphatic rings. The van der Waals surface area contributed by atoms with Crippen LogP contribution in [0.25, 0.3) is 0 Å². The van der Waals surface area contributed by atoms with E-state index in [1.165, 1.54) is 6.20 Å². The highest BCUT2D eigenvalue weighted by Gasteiger charge is 2.10. The van der Waals surface area contributed by atoms with Crippen LogP contribution >= 0.6 is 0 Å². The van der Waals surface area contributed by atoms with Gasteiger partial charge in [0, 0.05) is 24.6 Å². The highest BCUT2D eigenvalue weighted by atomic mass is 16.5. The third-order valence-corrected chi connectivity index (χ3v) is 3.99. The van der Waals surface area contributed by atoms with Crippen molar-refractivity contribution in [3.63, 3.8) is 0 Å². The Morgan fingerprint density at radius 3 is 2.39 bits per heavy atom. The van der Waals surface area contributed by atoms with Crippen LogP contribution in [0.4, 0.5) is 11.4 Å². The second-order valence-electron chi connectivity index (χ2n) is 6.05. The number of hydrogen-bond acceptors (Lipinski definition) is 5. The van der Waals surface area contributed by atoms with Gasteiger partial charge in [0.1, 0.15) is 0 Å². The minimum atomic E-state index is -0.387. The summed E-state index contributed by atoms with van der Waals surface area (Å²) in [5, 5.41) is 6.06. The van der Waals surface area contributed by atoms with E-state index in [-0.39, 0.29) is 11.9 Å². The Balaban J connectivity index is 1.62. The lowest BCUT2D eigenvalue weighted by molar-refractivity contribution is 0.0526. The molecule has 3 rings (SSSR count). The van der Waals surface area contributed by atoms with Gasteiger partial charge in [-0.2, -0.15) is 0 Å². The Bertz CT molecular complexity index is 941. The molecule has 1 amide bonds. The standard InChI is InChI=1S/C22H21N3O3/c1-2-28-22(27)17-8-10-19(11-9-17)25-21(26)18-12-20(15-23-14-18)24-13-16-6-4-3-5-7-16/h3-12,14-15,24H,2,13H2,1H3,(H,25,26). The molecule has 0 bridgehead atoms. The van der Waals surface area contributed by atoms with Gasteiger partial charge in [-0.1, -0.05) is 30.3 Å². The normalized spacial score (nSPS) is 10.2. The first-order chi connectivity index (χ1) is 13.7. The van der Waals surface area contributed by atoms with E-state index in [1.807, 2.05) is 30.3 Å². The number of carbonyl (C=O) groups excluding carboxylic acids is 2. The van der Waals surface area contributed by atoms with Crippen LogP contribution in [0, 0.1) is 0 Å². The second kappa shape index (κ2) is 9.32. The number of aromatic nitrogens is 1. The predicted octanol–water partition coefficient (Wildman–Crippen LogP) is 4.12. The zero-order valence-electron chi connectivity index (χ0n) is 15.5. The van der Waals surface area contributed by atoms with E-state index in [2.05, 4.69) is 15.6 Å². The summed E-state index contributed by atoms with van der Waals surface area (Å²) in [7, 11) is 0. The van der Waals surface area contributed by atoms with Crippen LogP contribution in [-0.4, -0.2) is 23.5 Å². The van der Waals surface area contributed by atoms with Gasteiger partial charge in [-0.15, -0.1) is 0 Å². The molecule has 0 radical (unpaired) electrons. The van der Waals surface area contributed by atoms with Gasteiger partial charge in [0.25, 0.3) is 5.91 Å². The Kier molecular flexibility index (Phi) is 6.36. The number of carbonyl (C=O) groups is 2. The number of hydrogen-bond donors (Lipinski definition) is 2. The fourth-order valence-electron chi connectivity index (χ4n) is 2.57. The lowest BCUT2D eigenvalue weighted by Gasteiger charge is -2.09. The van der Waals surface area contributed by atoms with Crippen molar-refractivity contribution in [2.75, 3.05) is 17.2 Å². The van der Waals surface area contributed by atoms with Crippen molar-refractivity contribution in [2.24, 2.45) is 0 Å². The minimum absolute atomic E-state index is 0.278. The summed E-state index contributed by atoms with van der Waals surface area (Å²) >= 11 is 0. The van der Waals surface area contributed by atoms with Crippen molar-refractivity contribution >= 4 is 23.3 Å². The number of amides is 1. The van der Waals surface area contributed by atoms with Gasteiger partial charge < -0.3 is 15.4 Å². The van der Waals surface area contributed by atoms with Crippen LogP contribution in [0.2, 0.25) is 0 Å². The Labute approximate surface area is 163 Å². The highest BCUT2D eigenvalue weighted by Crippen LogP contribution is 2.15. The lowest BCUT2D eigenvalue weighted by Crippen LogP contribution is -2.13. The molecule has 6 heteroatoms. The summed E-state index contributed by atoms with van der Waals surface area (Å²) in [5.41, 5.74) is 3.36. The van der Waals surface area contributed by atoms with Crippen LogP contribution in [0.5, 0.6) is 0 Å². The Morgan fingerprint density at radius 1 is 0.929 bits per heavy atom. The molecule has 0 aliphatic heterocycles. The van der Waals surface area contributed by atoms with E-state index in [1.54, 1.807) is 43.5 Å². The number of pyridine rings is 1. The number of anilines is 2. The van der Waals surface area contributed by atoms with E-state index < -0.39 is 0 Å². The molecule has 0 atom stereocenters. The van der Waals surface area contributed by atoms with Crippen LogP contribution in [0.1, 0.15) is 33.2 Å². The van der Waals surface area contributed by atoms with Gasteiger partial charge in [0.15, 0.2) is 0 Å². The van der Waals surface area contributed by atoms with Crippen LogP contribution in [0.15, 0.2) is 73.1 Å². The summed E-state index contributed by atoms with van der Waals surface area (Å²) < 4.78 is 4.94. The van der Waals surface area contributed by atoms with Gasteiger partial charge in [0.2, 0.25) is 0 Å². The molecule has 6 nitrogen and oxygen atoms in total. The van der Waals surface area contributed by atoms with E-state index >= 15 is 0 Å². The average Bonchev–Trinajstić information content (AvgIpc) is 2.74. The molecule has 0 saturated heterocycles. The molecule has 0 unspecified atom stereocenters. The molecular weight excluding hydrogens is 354 g/mol. The van der Waals surface area contributed by atoms with Crippen molar-refractivity contribution in [1.29, 1.82) is 0 Å². The third kappa shape index (κ3) is 5.17. The molecule has 1 aromatic heterocycles. The quantitative estimate of drug-likeness (QED) is 0.607. The topological polar surface area (TPSA) is 80.3 Å². The molecule has 2 aromatic carbocycles. The summed E-state index contributed by atoms with van der Waals surface area (Å²) in [6, 6.07) is 18.3. The smallest absolute Gasteiger partial charge is 0.338 e. The molecule has 0 aliphatic carbocycles. The third-order valence-electron chi connectivity index (χ3n) is 3.99. The lowest BCUT2D eigenvalue weighted by atomic mass is 10.2. The maximum absolute atomic E-state index is 12.5. The summed E-state index contributed by atoms with van der Waals surface area (Å²) in [5.74, 6) is -0.665. The number of esters is 1. The van der Waals surface area contributed by atoms with Crippen molar-refractivity contribution in [2.45, 2.75) is 13.5 Å². The Hall–Kier alpha value is -3.67. The summed E-state index contributed by atoms with van der Waals surface area (Å²) in [6.07, 6.45) is 3.18. The van der Waals surface area contributed by atoms with Crippen LogP contribution in [0.3, 0.4) is 0 Å². The van der Waals surface area contributed by atoms with E-state index in [4.69, 9.17) is 4.74 Å². The number of nitrogens with zero attached hydrogens (tertiary/aromatic N) is 1.